The predicted octanol–water partition coefficient (Wildman–Crippen LogP) is 0.0506. The van der Waals surface area contributed by atoms with Crippen molar-refractivity contribution in [2.75, 3.05) is 13.2 Å². The normalized spacial score (nSPS) is 36.7. The molecule has 0 unspecified atom stereocenters. The van der Waals surface area contributed by atoms with Crippen LogP contribution in [0.3, 0.4) is 0 Å². The summed E-state index contributed by atoms with van der Waals surface area (Å²) in [6, 6.07) is 0.347. The smallest absolute Gasteiger partial charge is 0.220 e. The Bertz CT molecular complexity index is 213. The van der Waals surface area contributed by atoms with Gasteiger partial charge in [0.2, 0.25) is 5.91 Å². The van der Waals surface area contributed by atoms with Crippen molar-refractivity contribution in [2.24, 2.45) is 11.7 Å². The highest BCUT2D eigenvalue weighted by Crippen LogP contribution is 2.27. The van der Waals surface area contributed by atoms with E-state index in [0.29, 0.717) is 12.1 Å². The lowest BCUT2D eigenvalue weighted by molar-refractivity contribution is -0.125. The van der Waals surface area contributed by atoms with Crippen molar-refractivity contribution in [1.82, 2.24) is 5.32 Å². The van der Waals surface area contributed by atoms with Crippen molar-refractivity contribution in [2.45, 2.75) is 31.4 Å². The first-order valence-electron chi connectivity index (χ1n) is 4.91. The number of rotatable bonds is 1. The molecule has 1 saturated carbocycles. The maximum Gasteiger partial charge on any atom is 0.220 e. The molecule has 2 rings (SSSR count). The van der Waals surface area contributed by atoms with Crippen LogP contribution in [-0.4, -0.2) is 31.2 Å². The van der Waals surface area contributed by atoms with E-state index in [0.717, 1.165) is 32.4 Å². The van der Waals surface area contributed by atoms with E-state index in [9.17, 15) is 4.79 Å². The molecule has 14 heavy (non-hydrogen) atoms. The van der Waals surface area contributed by atoms with E-state index in [1.54, 1.807) is 0 Å². The van der Waals surface area contributed by atoms with Crippen molar-refractivity contribution in [1.29, 1.82) is 0 Å². The van der Waals surface area contributed by atoms with Gasteiger partial charge < -0.3 is 15.8 Å². The first kappa shape index (κ1) is 11.8. The minimum Gasteiger partial charge on any atom is -0.375 e. The zero-order valence-electron chi connectivity index (χ0n) is 8.07. The van der Waals surface area contributed by atoms with Crippen molar-refractivity contribution in [3.05, 3.63) is 0 Å². The predicted molar refractivity (Wildman–Crippen MR) is 55.3 cm³/mol. The lowest BCUT2D eigenvalue weighted by Gasteiger charge is -2.38. The molecule has 0 bridgehead atoms. The summed E-state index contributed by atoms with van der Waals surface area (Å²) in [5.74, 6) is -0.110. The van der Waals surface area contributed by atoms with E-state index in [2.05, 4.69) is 5.32 Å². The number of carbonyl (C=O) groups is 1. The van der Waals surface area contributed by atoms with Gasteiger partial charge in [-0.05, 0) is 19.3 Å². The highest BCUT2D eigenvalue weighted by Gasteiger charge is 2.34. The lowest BCUT2D eigenvalue weighted by Crippen LogP contribution is -2.52. The largest absolute Gasteiger partial charge is 0.375 e. The fourth-order valence-electron chi connectivity index (χ4n) is 2.27. The van der Waals surface area contributed by atoms with E-state index in [-0.39, 0.29) is 24.2 Å². The number of hydrogen-bond donors (Lipinski definition) is 2. The maximum absolute atomic E-state index is 11.0. The molecule has 3 N–H and O–H groups in total. The van der Waals surface area contributed by atoms with Crippen LogP contribution in [0.25, 0.3) is 0 Å². The van der Waals surface area contributed by atoms with Gasteiger partial charge in [-0.25, -0.2) is 0 Å². The highest BCUT2D eigenvalue weighted by atomic mass is 35.5. The summed E-state index contributed by atoms with van der Waals surface area (Å²) in [4.78, 5) is 11.0. The summed E-state index contributed by atoms with van der Waals surface area (Å²) < 4.78 is 5.60. The third kappa shape index (κ3) is 2.38. The number of primary amides is 1. The molecule has 0 aromatic rings. The van der Waals surface area contributed by atoms with E-state index >= 15 is 0 Å². The van der Waals surface area contributed by atoms with Crippen LogP contribution in [-0.2, 0) is 9.53 Å². The van der Waals surface area contributed by atoms with Crippen LogP contribution in [0.1, 0.15) is 19.3 Å². The molecule has 5 heteroatoms. The highest BCUT2D eigenvalue weighted by molar-refractivity contribution is 5.85. The van der Waals surface area contributed by atoms with Gasteiger partial charge >= 0.3 is 0 Å². The first-order chi connectivity index (χ1) is 6.27. The summed E-state index contributed by atoms with van der Waals surface area (Å²) in [6.07, 6.45) is 3.01. The Hall–Kier alpha value is -0.320. The van der Waals surface area contributed by atoms with Gasteiger partial charge in [0, 0.05) is 18.5 Å². The Morgan fingerprint density at radius 1 is 1.43 bits per heavy atom. The Morgan fingerprint density at radius 2 is 2.21 bits per heavy atom. The molecule has 82 valence electrons. The molecule has 1 saturated heterocycles. The van der Waals surface area contributed by atoms with Gasteiger partial charge in [0.15, 0.2) is 0 Å². The molecule has 1 amide bonds. The molecule has 1 aliphatic heterocycles. The second-order valence-corrected chi connectivity index (χ2v) is 3.88. The number of amides is 1. The molecule has 2 aliphatic rings. The summed E-state index contributed by atoms with van der Waals surface area (Å²) in [5, 5.41) is 3.37. The van der Waals surface area contributed by atoms with Gasteiger partial charge in [-0.15, -0.1) is 12.4 Å². The average molecular weight is 221 g/mol. The van der Waals surface area contributed by atoms with E-state index in [1.807, 2.05) is 0 Å². The molecule has 2 fully saturated rings. The lowest BCUT2D eigenvalue weighted by atomic mass is 9.83. The standard InChI is InChI=1S/C9H16N2O2.ClH/c10-9(12)6-1-2-8-7(5-6)11-3-4-13-8;/h6-8,11H,1-5H2,(H2,10,12);1H/t6-,7+,8+;/m0./s1. The summed E-state index contributed by atoms with van der Waals surface area (Å²) in [5.41, 5.74) is 5.28. The molecule has 1 heterocycles. The molecule has 3 atom stereocenters. The zero-order chi connectivity index (χ0) is 9.26. The van der Waals surface area contributed by atoms with Gasteiger partial charge in [0.1, 0.15) is 0 Å². The molecule has 0 aromatic carbocycles. The number of nitrogens with two attached hydrogens (primary N) is 1. The Balaban J connectivity index is 0.000000980. The van der Waals surface area contributed by atoms with Crippen LogP contribution < -0.4 is 11.1 Å². The van der Waals surface area contributed by atoms with Crippen molar-refractivity contribution in [3.63, 3.8) is 0 Å². The first-order valence-corrected chi connectivity index (χ1v) is 4.91. The van der Waals surface area contributed by atoms with Crippen LogP contribution in [0, 0.1) is 5.92 Å². The monoisotopic (exact) mass is 220 g/mol. The van der Waals surface area contributed by atoms with Gasteiger partial charge in [-0.1, -0.05) is 0 Å². The van der Waals surface area contributed by atoms with Crippen LogP contribution in [0.4, 0.5) is 0 Å². The molecule has 0 aromatic heterocycles. The fourth-order valence-corrected chi connectivity index (χ4v) is 2.27. The number of fused-ring (bicyclic) bond motifs is 1. The Kier molecular flexibility index (Phi) is 4.16. The summed E-state index contributed by atoms with van der Waals surface area (Å²) >= 11 is 0. The molecular formula is C9H17ClN2O2. The van der Waals surface area contributed by atoms with Crippen molar-refractivity contribution in [3.8, 4) is 0 Å². The SMILES string of the molecule is Cl.NC(=O)[C@H]1CC[C@H]2OCCN[C@@H]2C1. The van der Waals surface area contributed by atoms with E-state index in [1.165, 1.54) is 0 Å². The average Bonchev–Trinajstić information content (AvgIpc) is 2.17. The summed E-state index contributed by atoms with van der Waals surface area (Å²) in [6.45, 7) is 1.69. The fraction of sp³-hybridized carbons (Fsp3) is 0.889. The number of hydrogen-bond acceptors (Lipinski definition) is 3. The van der Waals surface area contributed by atoms with Gasteiger partial charge in [0.05, 0.1) is 12.7 Å². The number of halogens is 1. The van der Waals surface area contributed by atoms with Crippen LogP contribution in [0.2, 0.25) is 0 Å². The minimum absolute atomic E-state index is 0. The van der Waals surface area contributed by atoms with Crippen LogP contribution in [0.5, 0.6) is 0 Å². The molecular weight excluding hydrogens is 204 g/mol. The molecule has 0 radical (unpaired) electrons. The molecule has 4 nitrogen and oxygen atoms in total. The molecule has 0 spiro atoms. The topological polar surface area (TPSA) is 64.4 Å². The van der Waals surface area contributed by atoms with Gasteiger partial charge in [-0.3, -0.25) is 4.79 Å². The van der Waals surface area contributed by atoms with Crippen LogP contribution in [0.15, 0.2) is 0 Å². The number of morpholine rings is 1. The van der Waals surface area contributed by atoms with E-state index < -0.39 is 0 Å². The zero-order valence-corrected chi connectivity index (χ0v) is 8.89. The number of nitrogens with one attached hydrogen (secondary N) is 1. The third-order valence-corrected chi connectivity index (χ3v) is 3.03. The summed E-state index contributed by atoms with van der Waals surface area (Å²) in [7, 11) is 0. The Morgan fingerprint density at radius 3 is 2.93 bits per heavy atom. The maximum atomic E-state index is 11.0. The number of carbonyl (C=O) groups excluding carboxylic acids is 1. The second kappa shape index (κ2) is 4.96. The number of ether oxygens (including phenoxy) is 1. The van der Waals surface area contributed by atoms with Crippen molar-refractivity contribution < 1.29 is 9.53 Å². The minimum atomic E-state index is -0.161. The van der Waals surface area contributed by atoms with E-state index in [4.69, 9.17) is 10.5 Å². The third-order valence-electron chi connectivity index (χ3n) is 3.03. The second-order valence-electron chi connectivity index (χ2n) is 3.88. The molecule has 1 aliphatic carbocycles. The van der Waals surface area contributed by atoms with Crippen molar-refractivity contribution >= 4 is 18.3 Å². The van der Waals surface area contributed by atoms with Gasteiger partial charge in [0.25, 0.3) is 0 Å². The van der Waals surface area contributed by atoms with Gasteiger partial charge in [-0.2, -0.15) is 0 Å². The van der Waals surface area contributed by atoms with Crippen LogP contribution >= 0.6 is 12.4 Å². The quantitative estimate of drug-likeness (QED) is 0.657. The Labute approximate surface area is 90.0 Å².